The Hall–Kier alpha value is -1.06. The van der Waals surface area contributed by atoms with Crippen LogP contribution in [0.2, 0.25) is 0 Å². The summed E-state index contributed by atoms with van der Waals surface area (Å²) in [6.07, 6.45) is 0. The van der Waals surface area contributed by atoms with Crippen molar-refractivity contribution < 1.29 is 0 Å². The van der Waals surface area contributed by atoms with Crippen LogP contribution in [-0.4, -0.2) is 44.2 Å². The van der Waals surface area contributed by atoms with Gasteiger partial charge in [-0.15, -0.1) is 0 Å². The molecule has 1 fully saturated rings. The van der Waals surface area contributed by atoms with Crippen molar-refractivity contribution in [3.05, 3.63) is 29.8 Å². The molecule has 20 heavy (non-hydrogen) atoms. The minimum Gasteiger partial charge on any atom is -0.369 e. The van der Waals surface area contributed by atoms with Crippen molar-refractivity contribution in [1.29, 1.82) is 0 Å². The highest BCUT2D eigenvalue weighted by molar-refractivity contribution is 5.48. The van der Waals surface area contributed by atoms with Gasteiger partial charge in [-0.05, 0) is 36.7 Å². The third kappa shape index (κ3) is 4.50. The van der Waals surface area contributed by atoms with Crippen molar-refractivity contribution in [3.8, 4) is 0 Å². The zero-order valence-corrected chi connectivity index (χ0v) is 13.2. The summed E-state index contributed by atoms with van der Waals surface area (Å²) in [5, 5.41) is 3.49. The van der Waals surface area contributed by atoms with Crippen molar-refractivity contribution in [2.24, 2.45) is 5.92 Å². The highest BCUT2D eigenvalue weighted by atomic mass is 15.3. The van der Waals surface area contributed by atoms with Crippen molar-refractivity contribution in [2.45, 2.75) is 27.3 Å². The summed E-state index contributed by atoms with van der Waals surface area (Å²) in [5.74, 6) is 0.712. The normalized spacial score (nSPS) is 16.9. The Morgan fingerprint density at radius 3 is 2.25 bits per heavy atom. The monoisotopic (exact) mass is 275 g/mol. The van der Waals surface area contributed by atoms with Crippen molar-refractivity contribution in [3.63, 3.8) is 0 Å². The average Bonchev–Trinajstić information content (AvgIpc) is 2.48. The van der Waals surface area contributed by atoms with Crippen LogP contribution in [-0.2, 0) is 6.54 Å². The first kappa shape index (κ1) is 15.3. The molecule has 0 bridgehead atoms. The molecule has 1 aliphatic heterocycles. The molecule has 0 unspecified atom stereocenters. The van der Waals surface area contributed by atoms with Crippen molar-refractivity contribution in [1.82, 2.24) is 10.2 Å². The van der Waals surface area contributed by atoms with Gasteiger partial charge in [-0.2, -0.15) is 0 Å². The number of piperazine rings is 1. The van der Waals surface area contributed by atoms with Crippen LogP contribution in [0.25, 0.3) is 0 Å². The van der Waals surface area contributed by atoms with E-state index in [1.165, 1.54) is 30.9 Å². The van der Waals surface area contributed by atoms with E-state index in [9.17, 15) is 0 Å². The third-order valence-electron chi connectivity index (χ3n) is 4.00. The van der Waals surface area contributed by atoms with Crippen LogP contribution >= 0.6 is 0 Å². The van der Waals surface area contributed by atoms with E-state index in [-0.39, 0.29) is 0 Å². The Balaban J connectivity index is 1.82. The Kier molecular flexibility index (Phi) is 5.86. The van der Waals surface area contributed by atoms with Gasteiger partial charge in [0.2, 0.25) is 0 Å². The van der Waals surface area contributed by atoms with E-state index in [0.717, 1.165) is 26.2 Å². The van der Waals surface area contributed by atoms with Gasteiger partial charge in [0, 0.05) is 38.4 Å². The van der Waals surface area contributed by atoms with Crippen LogP contribution in [0.3, 0.4) is 0 Å². The zero-order valence-electron chi connectivity index (χ0n) is 13.2. The first-order valence-electron chi connectivity index (χ1n) is 7.96. The minimum atomic E-state index is 0.712. The molecule has 0 aliphatic carbocycles. The lowest BCUT2D eigenvalue weighted by Gasteiger charge is -2.35. The second-order valence-corrected chi connectivity index (χ2v) is 6.11. The summed E-state index contributed by atoms with van der Waals surface area (Å²) < 4.78 is 0. The summed E-state index contributed by atoms with van der Waals surface area (Å²) in [6, 6.07) is 9.06. The SMILES string of the molecule is CCN1CCN(c2ccc(CNCC(C)C)cc2)CC1. The topological polar surface area (TPSA) is 18.5 Å². The summed E-state index contributed by atoms with van der Waals surface area (Å²) in [7, 11) is 0. The lowest BCUT2D eigenvalue weighted by Crippen LogP contribution is -2.46. The van der Waals surface area contributed by atoms with E-state index in [1.54, 1.807) is 0 Å². The van der Waals surface area contributed by atoms with Crippen LogP contribution in [0.1, 0.15) is 26.3 Å². The third-order valence-corrected chi connectivity index (χ3v) is 4.00. The maximum absolute atomic E-state index is 3.49. The van der Waals surface area contributed by atoms with Gasteiger partial charge in [0.15, 0.2) is 0 Å². The molecule has 1 aromatic carbocycles. The molecule has 1 saturated heterocycles. The number of hydrogen-bond acceptors (Lipinski definition) is 3. The van der Waals surface area contributed by atoms with Crippen molar-refractivity contribution in [2.75, 3.05) is 44.2 Å². The fraction of sp³-hybridized carbons (Fsp3) is 0.647. The van der Waals surface area contributed by atoms with E-state index in [0.29, 0.717) is 5.92 Å². The summed E-state index contributed by atoms with van der Waals surface area (Å²) in [4.78, 5) is 5.01. The molecule has 0 saturated carbocycles. The number of nitrogens with zero attached hydrogens (tertiary/aromatic N) is 2. The zero-order chi connectivity index (χ0) is 14.4. The Labute approximate surface area is 124 Å². The largest absolute Gasteiger partial charge is 0.369 e. The van der Waals surface area contributed by atoms with Crippen molar-refractivity contribution >= 4 is 5.69 Å². The highest BCUT2D eigenvalue weighted by Crippen LogP contribution is 2.17. The van der Waals surface area contributed by atoms with Gasteiger partial charge in [0.1, 0.15) is 0 Å². The molecule has 3 nitrogen and oxygen atoms in total. The molecular weight excluding hydrogens is 246 g/mol. The standard InChI is InChI=1S/C17H29N3/c1-4-19-9-11-20(12-10-19)17-7-5-16(6-8-17)14-18-13-15(2)3/h5-8,15,18H,4,9-14H2,1-3H3. The van der Waals surface area contributed by atoms with E-state index < -0.39 is 0 Å². The molecule has 1 heterocycles. The summed E-state index contributed by atoms with van der Waals surface area (Å²) in [6.45, 7) is 14.6. The molecule has 0 radical (unpaired) electrons. The number of anilines is 1. The first-order valence-corrected chi connectivity index (χ1v) is 7.96. The van der Waals surface area contributed by atoms with Gasteiger partial charge in [0.05, 0.1) is 0 Å². The van der Waals surface area contributed by atoms with E-state index in [4.69, 9.17) is 0 Å². The smallest absolute Gasteiger partial charge is 0.0367 e. The van der Waals surface area contributed by atoms with Gasteiger partial charge in [-0.25, -0.2) is 0 Å². The predicted molar refractivity (Wildman–Crippen MR) is 87.3 cm³/mol. The van der Waals surface area contributed by atoms with Crippen LogP contribution in [0.15, 0.2) is 24.3 Å². The fourth-order valence-corrected chi connectivity index (χ4v) is 2.65. The Morgan fingerprint density at radius 2 is 1.70 bits per heavy atom. The van der Waals surface area contributed by atoms with E-state index >= 15 is 0 Å². The van der Waals surface area contributed by atoms with E-state index in [2.05, 4.69) is 60.2 Å². The number of hydrogen-bond donors (Lipinski definition) is 1. The molecular formula is C17H29N3. The van der Waals surface area contributed by atoms with Gasteiger partial charge < -0.3 is 15.1 Å². The Bertz CT molecular complexity index is 378. The lowest BCUT2D eigenvalue weighted by atomic mass is 10.1. The van der Waals surface area contributed by atoms with Gasteiger partial charge >= 0.3 is 0 Å². The predicted octanol–water partition coefficient (Wildman–Crippen LogP) is 2.57. The highest BCUT2D eigenvalue weighted by Gasteiger charge is 2.15. The quantitative estimate of drug-likeness (QED) is 0.861. The number of nitrogens with one attached hydrogen (secondary N) is 1. The molecule has 2 rings (SSSR count). The second kappa shape index (κ2) is 7.65. The number of rotatable bonds is 6. The minimum absolute atomic E-state index is 0.712. The molecule has 1 aliphatic rings. The molecule has 0 atom stereocenters. The van der Waals surface area contributed by atoms with Gasteiger partial charge in [-0.1, -0.05) is 32.9 Å². The second-order valence-electron chi connectivity index (χ2n) is 6.11. The molecule has 1 N–H and O–H groups in total. The molecule has 3 heteroatoms. The first-order chi connectivity index (χ1) is 9.69. The molecule has 1 aromatic rings. The van der Waals surface area contributed by atoms with Gasteiger partial charge in [0.25, 0.3) is 0 Å². The summed E-state index contributed by atoms with van der Waals surface area (Å²) >= 11 is 0. The molecule has 112 valence electrons. The van der Waals surface area contributed by atoms with Crippen LogP contribution < -0.4 is 10.2 Å². The molecule has 0 spiro atoms. The number of likely N-dealkylation sites (N-methyl/N-ethyl adjacent to an activating group) is 1. The Morgan fingerprint density at radius 1 is 1.05 bits per heavy atom. The van der Waals surface area contributed by atoms with Crippen LogP contribution in [0, 0.1) is 5.92 Å². The lowest BCUT2D eigenvalue weighted by molar-refractivity contribution is 0.271. The average molecular weight is 275 g/mol. The summed E-state index contributed by atoms with van der Waals surface area (Å²) in [5.41, 5.74) is 2.75. The number of benzene rings is 1. The maximum Gasteiger partial charge on any atom is 0.0367 e. The fourth-order valence-electron chi connectivity index (χ4n) is 2.65. The van der Waals surface area contributed by atoms with Gasteiger partial charge in [-0.3, -0.25) is 0 Å². The van der Waals surface area contributed by atoms with E-state index in [1.807, 2.05) is 0 Å². The molecule has 0 aromatic heterocycles. The van der Waals surface area contributed by atoms with Crippen LogP contribution in [0.4, 0.5) is 5.69 Å². The van der Waals surface area contributed by atoms with Crippen LogP contribution in [0.5, 0.6) is 0 Å². The molecule has 0 amide bonds. The maximum atomic E-state index is 3.49.